The maximum Gasteiger partial charge on any atom is 0.303 e. The number of hydrogen-bond donors (Lipinski definition) is 1. The summed E-state index contributed by atoms with van der Waals surface area (Å²) in [5.41, 5.74) is 0.330. The highest BCUT2D eigenvalue weighted by molar-refractivity contribution is 5.67. The quantitative estimate of drug-likeness (QED) is 0.738. The van der Waals surface area contributed by atoms with Crippen LogP contribution in [0.2, 0.25) is 0 Å². The number of carboxylic acid groups (broad SMARTS) is 1. The van der Waals surface area contributed by atoms with Crippen molar-refractivity contribution < 1.29 is 9.90 Å². The molecule has 0 amide bonds. The van der Waals surface area contributed by atoms with Crippen molar-refractivity contribution in [1.29, 1.82) is 0 Å². The van der Waals surface area contributed by atoms with Crippen molar-refractivity contribution in [3.05, 3.63) is 0 Å². The molecule has 1 aliphatic rings. The molecule has 0 aromatic rings. The van der Waals surface area contributed by atoms with Gasteiger partial charge in [-0.2, -0.15) is 0 Å². The number of hydrogen-bond acceptors (Lipinski definition) is 1. The van der Waals surface area contributed by atoms with Crippen molar-refractivity contribution in [1.82, 2.24) is 0 Å². The van der Waals surface area contributed by atoms with Crippen molar-refractivity contribution in [2.45, 2.75) is 73.6 Å². The Morgan fingerprint density at radius 2 is 1.58 bits per heavy atom. The van der Waals surface area contributed by atoms with Crippen LogP contribution in [0.15, 0.2) is 0 Å². The fraction of sp³-hybridized carbons (Fsp3) is 0.941. The molecule has 2 heteroatoms. The molecule has 0 aromatic carbocycles. The van der Waals surface area contributed by atoms with Gasteiger partial charge in [0, 0.05) is 0 Å². The normalized spacial score (nSPS) is 25.0. The van der Waals surface area contributed by atoms with E-state index in [1.165, 1.54) is 25.7 Å². The number of carbonyl (C=O) groups is 1. The fourth-order valence-electron chi connectivity index (χ4n) is 4.15. The molecule has 0 radical (unpaired) electrons. The minimum absolute atomic E-state index is 0.0610. The molecule has 1 rings (SSSR count). The molecule has 2 unspecified atom stereocenters. The van der Waals surface area contributed by atoms with Crippen molar-refractivity contribution >= 4 is 5.97 Å². The summed E-state index contributed by atoms with van der Waals surface area (Å²) in [6.45, 7) is 13.6. The van der Waals surface area contributed by atoms with Crippen molar-refractivity contribution in [3.8, 4) is 0 Å². The predicted molar refractivity (Wildman–Crippen MR) is 80.1 cm³/mol. The van der Waals surface area contributed by atoms with E-state index >= 15 is 0 Å². The van der Waals surface area contributed by atoms with Crippen LogP contribution in [0.1, 0.15) is 73.6 Å². The highest BCUT2D eigenvalue weighted by Crippen LogP contribution is 2.51. The summed E-state index contributed by atoms with van der Waals surface area (Å²) >= 11 is 0. The molecule has 2 atom stereocenters. The average Bonchev–Trinajstić information content (AvgIpc) is 2.62. The standard InChI is InChI=1S/C17H32O2/c1-12(2)10-16(3,4)13-7-8-14(9-13)17(5,6)11-15(18)19/h12-14H,7-11H2,1-6H3,(H,18,19). The molecule has 1 N–H and O–H groups in total. The monoisotopic (exact) mass is 268 g/mol. The van der Waals surface area contributed by atoms with Gasteiger partial charge in [-0.1, -0.05) is 41.5 Å². The third-order valence-electron chi connectivity index (χ3n) is 5.18. The first-order valence-corrected chi connectivity index (χ1v) is 7.76. The molecule has 0 spiro atoms. The van der Waals surface area contributed by atoms with Gasteiger partial charge in [-0.25, -0.2) is 0 Å². The van der Waals surface area contributed by atoms with Crippen LogP contribution >= 0.6 is 0 Å². The maximum atomic E-state index is 11.0. The highest BCUT2D eigenvalue weighted by atomic mass is 16.4. The zero-order valence-corrected chi connectivity index (χ0v) is 13.6. The summed E-state index contributed by atoms with van der Waals surface area (Å²) in [6, 6.07) is 0. The summed E-state index contributed by atoms with van der Waals surface area (Å²) in [4.78, 5) is 11.0. The molecule has 0 heterocycles. The molecule has 1 fully saturated rings. The third-order valence-corrected chi connectivity index (χ3v) is 5.18. The number of rotatable bonds is 6. The van der Waals surface area contributed by atoms with E-state index in [2.05, 4.69) is 41.5 Å². The van der Waals surface area contributed by atoms with Crippen molar-refractivity contribution in [2.24, 2.45) is 28.6 Å². The van der Waals surface area contributed by atoms with Crippen LogP contribution in [0.5, 0.6) is 0 Å². The van der Waals surface area contributed by atoms with E-state index < -0.39 is 5.97 Å². The van der Waals surface area contributed by atoms with E-state index in [0.29, 0.717) is 17.8 Å². The van der Waals surface area contributed by atoms with Gasteiger partial charge in [0.15, 0.2) is 0 Å². The Hall–Kier alpha value is -0.530. The van der Waals surface area contributed by atoms with Crippen LogP contribution in [0.3, 0.4) is 0 Å². The molecule has 19 heavy (non-hydrogen) atoms. The smallest absolute Gasteiger partial charge is 0.303 e. The number of carboxylic acids is 1. The fourth-order valence-corrected chi connectivity index (χ4v) is 4.15. The largest absolute Gasteiger partial charge is 0.481 e. The first kappa shape index (κ1) is 16.5. The van der Waals surface area contributed by atoms with Crippen LogP contribution in [0.4, 0.5) is 0 Å². The lowest BCUT2D eigenvalue weighted by atomic mass is 9.70. The van der Waals surface area contributed by atoms with Crippen molar-refractivity contribution in [2.75, 3.05) is 0 Å². The van der Waals surface area contributed by atoms with Gasteiger partial charge < -0.3 is 5.11 Å². The Kier molecular flexibility index (Phi) is 5.08. The van der Waals surface area contributed by atoms with Gasteiger partial charge in [0.05, 0.1) is 6.42 Å². The van der Waals surface area contributed by atoms with Gasteiger partial charge >= 0.3 is 5.97 Å². The van der Waals surface area contributed by atoms with Gasteiger partial charge in [-0.15, -0.1) is 0 Å². The van der Waals surface area contributed by atoms with Crippen molar-refractivity contribution in [3.63, 3.8) is 0 Å². The molecule has 0 aliphatic heterocycles. The second-order valence-electron chi connectivity index (χ2n) is 8.35. The number of aliphatic carboxylic acids is 1. The third kappa shape index (κ3) is 4.50. The molecule has 1 saturated carbocycles. The van der Waals surface area contributed by atoms with E-state index in [1.807, 2.05) is 0 Å². The van der Waals surface area contributed by atoms with Crippen LogP contribution in [-0.4, -0.2) is 11.1 Å². The lowest BCUT2D eigenvalue weighted by Crippen LogP contribution is -2.28. The van der Waals surface area contributed by atoms with E-state index in [9.17, 15) is 4.79 Å². The lowest BCUT2D eigenvalue weighted by molar-refractivity contribution is -0.140. The first-order valence-electron chi connectivity index (χ1n) is 7.76. The Morgan fingerprint density at radius 1 is 1.11 bits per heavy atom. The molecular weight excluding hydrogens is 236 g/mol. The minimum atomic E-state index is -0.658. The Morgan fingerprint density at radius 3 is 2.00 bits per heavy atom. The SMILES string of the molecule is CC(C)CC(C)(C)C1CCC(C(C)(C)CC(=O)O)C1. The first-order chi connectivity index (χ1) is 8.54. The molecule has 0 saturated heterocycles. The molecule has 112 valence electrons. The summed E-state index contributed by atoms with van der Waals surface area (Å²) in [5, 5.41) is 9.05. The maximum absolute atomic E-state index is 11.0. The Bertz CT molecular complexity index is 315. The van der Waals surface area contributed by atoms with Crippen LogP contribution in [-0.2, 0) is 4.79 Å². The van der Waals surface area contributed by atoms with E-state index in [1.54, 1.807) is 0 Å². The van der Waals surface area contributed by atoms with Crippen LogP contribution in [0.25, 0.3) is 0 Å². The minimum Gasteiger partial charge on any atom is -0.481 e. The summed E-state index contributed by atoms with van der Waals surface area (Å²) < 4.78 is 0. The zero-order chi connectivity index (χ0) is 14.8. The Balaban J connectivity index is 2.65. The second-order valence-corrected chi connectivity index (χ2v) is 8.35. The highest BCUT2D eigenvalue weighted by Gasteiger charge is 2.42. The molecule has 2 nitrogen and oxygen atoms in total. The second kappa shape index (κ2) is 5.85. The van der Waals surface area contributed by atoms with E-state index in [-0.39, 0.29) is 5.41 Å². The van der Waals surface area contributed by atoms with Gasteiger partial charge in [-0.3, -0.25) is 4.79 Å². The lowest BCUT2D eigenvalue weighted by Gasteiger charge is -2.35. The van der Waals surface area contributed by atoms with E-state index in [4.69, 9.17) is 5.11 Å². The summed E-state index contributed by atoms with van der Waals surface area (Å²) in [5.74, 6) is 1.41. The molecule has 1 aliphatic carbocycles. The van der Waals surface area contributed by atoms with Gasteiger partial charge in [-0.05, 0) is 54.3 Å². The Labute approximate surface area is 119 Å². The van der Waals surface area contributed by atoms with E-state index in [0.717, 1.165) is 11.8 Å². The topological polar surface area (TPSA) is 37.3 Å². The summed E-state index contributed by atoms with van der Waals surface area (Å²) in [7, 11) is 0. The van der Waals surface area contributed by atoms with Crippen LogP contribution < -0.4 is 0 Å². The molecular formula is C17H32O2. The predicted octanol–water partition coefficient (Wildman–Crippen LogP) is 4.98. The average molecular weight is 268 g/mol. The van der Waals surface area contributed by atoms with Gasteiger partial charge in [0.2, 0.25) is 0 Å². The zero-order valence-electron chi connectivity index (χ0n) is 13.6. The van der Waals surface area contributed by atoms with Gasteiger partial charge in [0.25, 0.3) is 0 Å². The molecule has 0 aromatic heterocycles. The summed E-state index contributed by atoms with van der Waals surface area (Å²) in [6.07, 6.45) is 5.25. The van der Waals surface area contributed by atoms with Gasteiger partial charge in [0.1, 0.15) is 0 Å². The van der Waals surface area contributed by atoms with Crippen LogP contribution in [0, 0.1) is 28.6 Å². The molecule has 0 bridgehead atoms.